The van der Waals surface area contributed by atoms with Crippen molar-refractivity contribution in [2.75, 3.05) is 12.4 Å². The Morgan fingerprint density at radius 2 is 1.90 bits per heavy atom. The van der Waals surface area contributed by atoms with E-state index in [0.717, 1.165) is 22.2 Å². The molecule has 2 aromatic carbocycles. The van der Waals surface area contributed by atoms with Gasteiger partial charge >= 0.3 is 6.09 Å². The van der Waals surface area contributed by atoms with Gasteiger partial charge in [0.2, 0.25) is 0 Å². The molecular formula is C16H19NO3. The first-order valence-corrected chi connectivity index (χ1v) is 6.46. The van der Waals surface area contributed by atoms with Crippen LogP contribution in [-0.2, 0) is 4.74 Å². The predicted molar refractivity (Wildman–Crippen MR) is 80.4 cm³/mol. The minimum atomic E-state index is -0.516. The summed E-state index contributed by atoms with van der Waals surface area (Å²) in [7, 11) is 1.63. The molecule has 0 fully saturated rings. The van der Waals surface area contributed by atoms with Crippen molar-refractivity contribution in [3.8, 4) is 5.75 Å². The highest BCUT2D eigenvalue weighted by molar-refractivity contribution is 6.00. The first kappa shape index (κ1) is 14.2. The van der Waals surface area contributed by atoms with Crippen LogP contribution >= 0.6 is 0 Å². The lowest BCUT2D eigenvalue weighted by molar-refractivity contribution is 0.0636. The Morgan fingerprint density at radius 3 is 2.55 bits per heavy atom. The van der Waals surface area contributed by atoms with Gasteiger partial charge in [-0.3, -0.25) is 5.32 Å². The first-order chi connectivity index (χ1) is 9.39. The van der Waals surface area contributed by atoms with E-state index >= 15 is 0 Å². The molecule has 2 rings (SSSR count). The van der Waals surface area contributed by atoms with Gasteiger partial charge in [-0.05, 0) is 50.4 Å². The van der Waals surface area contributed by atoms with Crippen molar-refractivity contribution in [2.45, 2.75) is 26.4 Å². The lowest BCUT2D eigenvalue weighted by atomic mass is 10.1. The molecule has 1 amide bonds. The maximum atomic E-state index is 11.8. The largest absolute Gasteiger partial charge is 0.497 e. The molecule has 4 nitrogen and oxygen atoms in total. The summed E-state index contributed by atoms with van der Waals surface area (Å²) in [6.07, 6.45) is -0.458. The molecule has 1 N–H and O–H groups in total. The molecule has 0 saturated carbocycles. The zero-order valence-electron chi connectivity index (χ0n) is 12.2. The summed E-state index contributed by atoms with van der Waals surface area (Å²) in [4.78, 5) is 11.8. The number of nitrogens with one attached hydrogen (secondary N) is 1. The van der Waals surface area contributed by atoms with Crippen molar-refractivity contribution in [3.63, 3.8) is 0 Å². The van der Waals surface area contributed by atoms with Crippen LogP contribution in [0.1, 0.15) is 20.8 Å². The van der Waals surface area contributed by atoms with Gasteiger partial charge in [-0.25, -0.2) is 4.79 Å². The van der Waals surface area contributed by atoms with Crippen molar-refractivity contribution in [3.05, 3.63) is 36.4 Å². The number of rotatable bonds is 2. The molecule has 4 heteroatoms. The Hall–Kier alpha value is -2.23. The Balaban J connectivity index is 2.28. The van der Waals surface area contributed by atoms with Gasteiger partial charge in [0.15, 0.2) is 0 Å². The minimum Gasteiger partial charge on any atom is -0.497 e. The highest BCUT2D eigenvalue weighted by Gasteiger charge is 2.16. The number of benzene rings is 2. The number of carbonyl (C=O) groups excluding carboxylic acids is 1. The second kappa shape index (κ2) is 5.41. The Bertz CT molecular complexity index is 629. The first-order valence-electron chi connectivity index (χ1n) is 6.46. The molecule has 0 atom stereocenters. The predicted octanol–water partition coefficient (Wildman–Crippen LogP) is 4.20. The molecule has 20 heavy (non-hydrogen) atoms. The molecule has 0 bridgehead atoms. The van der Waals surface area contributed by atoms with Crippen molar-refractivity contribution < 1.29 is 14.3 Å². The van der Waals surface area contributed by atoms with Crippen LogP contribution in [0.5, 0.6) is 5.75 Å². The van der Waals surface area contributed by atoms with Crippen LogP contribution in [0.2, 0.25) is 0 Å². The molecule has 2 aromatic rings. The average molecular weight is 273 g/mol. The Morgan fingerprint density at radius 1 is 1.15 bits per heavy atom. The third-order valence-corrected chi connectivity index (χ3v) is 2.72. The van der Waals surface area contributed by atoms with Gasteiger partial charge in [0, 0.05) is 5.39 Å². The summed E-state index contributed by atoms with van der Waals surface area (Å²) < 4.78 is 10.5. The van der Waals surface area contributed by atoms with Crippen LogP contribution in [0.25, 0.3) is 10.8 Å². The minimum absolute atomic E-state index is 0.458. The molecule has 0 heterocycles. The highest BCUT2D eigenvalue weighted by atomic mass is 16.6. The molecule has 0 radical (unpaired) electrons. The van der Waals surface area contributed by atoms with E-state index < -0.39 is 11.7 Å². The number of anilines is 1. The smallest absolute Gasteiger partial charge is 0.412 e. The van der Waals surface area contributed by atoms with Gasteiger partial charge in [-0.15, -0.1) is 0 Å². The van der Waals surface area contributed by atoms with Crippen molar-refractivity contribution >= 4 is 22.6 Å². The fraction of sp³-hybridized carbons (Fsp3) is 0.312. The van der Waals surface area contributed by atoms with E-state index in [1.807, 2.05) is 57.2 Å². The Kier molecular flexibility index (Phi) is 3.84. The molecule has 0 aliphatic carbocycles. The summed E-state index contributed by atoms with van der Waals surface area (Å²) in [6.45, 7) is 5.50. The third-order valence-electron chi connectivity index (χ3n) is 2.72. The molecule has 0 aliphatic rings. The third kappa shape index (κ3) is 3.41. The van der Waals surface area contributed by atoms with E-state index in [0.29, 0.717) is 0 Å². The highest BCUT2D eigenvalue weighted by Crippen LogP contribution is 2.27. The van der Waals surface area contributed by atoms with Gasteiger partial charge in [0.25, 0.3) is 0 Å². The van der Waals surface area contributed by atoms with E-state index in [1.54, 1.807) is 7.11 Å². The fourth-order valence-corrected chi connectivity index (χ4v) is 1.91. The molecular weight excluding hydrogens is 254 g/mol. The van der Waals surface area contributed by atoms with Crippen LogP contribution in [0.15, 0.2) is 36.4 Å². The summed E-state index contributed by atoms with van der Waals surface area (Å²) in [5.74, 6) is 0.784. The number of hydrogen-bond donors (Lipinski definition) is 1. The zero-order valence-corrected chi connectivity index (χ0v) is 12.2. The normalized spacial score (nSPS) is 11.2. The fourth-order valence-electron chi connectivity index (χ4n) is 1.91. The lowest BCUT2D eigenvalue weighted by Crippen LogP contribution is -2.27. The summed E-state index contributed by atoms with van der Waals surface area (Å²) in [5, 5.41) is 4.72. The van der Waals surface area contributed by atoms with Gasteiger partial charge in [0.1, 0.15) is 11.4 Å². The number of hydrogen-bond acceptors (Lipinski definition) is 3. The van der Waals surface area contributed by atoms with Crippen molar-refractivity contribution in [2.24, 2.45) is 0 Å². The van der Waals surface area contributed by atoms with Crippen LogP contribution in [0.3, 0.4) is 0 Å². The van der Waals surface area contributed by atoms with E-state index in [9.17, 15) is 4.79 Å². The summed E-state index contributed by atoms with van der Waals surface area (Å²) in [6, 6.07) is 11.4. The second-order valence-electron chi connectivity index (χ2n) is 5.52. The van der Waals surface area contributed by atoms with Crippen molar-refractivity contribution in [1.29, 1.82) is 0 Å². The van der Waals surface area contributed by atoms with E-state index in [2.05, 4.69) is 5.32 Å². The zero-order chi connectivity index (χ0) is 14.8. The van der Waals surface area contributed by atoms with Gasteiger partial charge in [-0.2, -0.15) is 0 Å². The standard InChI is InChI=1S/C16H19NO3/c1-16(2,3)20-15(18)17-14-7-5-6-11-10-12(19-4)8-9-13(11)14/h5-10H,1-4H3,(H,17,18). The van der Waals surface area contributed by atoms with Gasteiger partial charge in [0.05, 0.1) is 12.8 Å². The average Bonchev–Trinajstić information content (AvgIpc) is 2.36. The second-order valence-corrected chi connectivity index (χ2v) is 5.52. The van der Waals surface area contributed by atoms with E-state index in [-0.39, 0.29) is 0 Å². The molecule has 0 saturated heterocycles. The molecule has 0 spiro atoms. The number of amides is 1. The molecule has 0 unspecified atom stereocenters. The topological polar surface area (TPSA) is 47.6 Å². The van der Waals surface area contributed by atoms with Gasteiger partial charge < -0.3 is 9.47 Å². The SMILES string of the molecule is COc1ccc2c(NC(=O)OC(C)(C)C)cccc2c1. The number of fused-ring (bicyclic) bond motifs is 1. The van der Waals surface area contributed by atoms with Crippen LogP contribution < -0.4 is 10.1 Å². The van der Waals surface area contributed by atoms with Crippen LogP contribution in [0.4, 0.5) is 10.5 Å². The number of ether oxygens (including phenoxy) is 2. The molecule has 106 valence electrons. The van der Waals surface area contributed by atoms with Crippen LogP contribution in [-0.4, -0.2) is 18.8 Å². The monoisotopic (exact) mass is 273 g/mol. The molecule has 0 aromatic heterocycles. The van der Waals surface area contributed by atoms with Gasteiger partial charge in [-0.1, -0.05) is 12.1 Å². The summed E-state index contributed by atoms with van der Waals surface area (Å²) >= 11 is 0. The molecule has 0 aliphatic heterocycles. The van der Waals surface area contributed by atoms with Crippen molar-refractivity contribution in [1.82, 2.24) is 0 Å². The number of carbonyl (C=O) groups is 1. The Labute approximate surface area is 118 Å². The lowest BCUT2D eigenvalue weighted by Gasteiger charge is -2.20. The van der Waals surface area contributed by atoms with Crippen LogP contribution in [0, 0.1) is 0 Å². The van der Waals surface area contributed by atoms with E-state index in [4.69, 9.17) is 9.47 Å². The number of methoxy groups -OCH3 is 1. The van der Waals surface area contributed by atoms with E-state index in [1.165, 1.54) is 0 Å². The maximum absolute atomic E-state index is 11.8. The summed E-state index contributed by atoms with van der Waals surface area (Å²) in [5.41, 5.74) is 0.206. The quantitative estimate of drug-likeness (QED) is 0.892. The maximum Gasteiger partial charge on any atom is 0.412 e.